The van der Waals surface area contributed by atoms with Gasteiger partial charge in [-0.2, -0.15) is 0 Å². The molecule has 0 saturated heterocycles. The first-order valence-electron chi connectivity index (χ1n) is 8.95. The molecule has 0 heterocycles. The third-order valence-corrected chi connectivity index (χ3v) is 5.22. The van der Waals surface area contributed by atoms with Gasteiger partial charge in [0.15, 0.2) is 0 Å². The van der Waals surface area contributed by atoms with Gasteiger partial charge in [0.25, 0.3) is 0 Å². The molecule has 2 N–H and O–H groups in total. The molecule has 0 bridgehead atoms. The van der Waals surface area contributed by atoms with Gasteiger partial charge in [0.2, 0.25) is 0 Å². The van der Waals surface area contributed by atoms with Crippen LogP contribution in [-0.2, 0) is 5.41 Å². The summed E-state index contributed by atoms with van der Waals surface area (Å²) in [5, 5.41) is 6.07. The molecule has 1 saturated carbocycles. The smallest absolute Gasteiger partial charge is 0.314 e. The fourth-order valence-electron chi connectivity index (χ4n) is 3.41. The zero-order valence-corrected chi connectivity index (χ0v) is 14.2. The lowest BCUT2D eigenvalue weighted by atomic mass is 9.95. The van der Waals surface area contributed by atoms with Gasteiger partial charge in [-0.3, -0.25) is 0 Å². The average molecular weight is 312 g/mol. The fourth-order valence-corrected chi connectivity index (χ4v) is 3.41. The van der Waals surface area contributed by atoms with Crippen LogP contribution < -0.4 is 10.6 Å². The summed E-state index contributed by atoms with van der Waals surface area (Å²) in [6, 6.07) is 8.70. The normalized spacial score (nSPS) is 18.9. The molecule has 1 aromatic rings. The summed E-state index contributed by atoms with van der Waals surface area (Å²) < 4.78 is 0. The van der Waals surface area contributed by atoms with Crippen LogP contribution in [0.4, 0.5) is 4.79 Å². The highest BCUT2D eigenvalue weighted by Crippen LogP contribution is 2.47. The second-order valence-corrected chi connectivity index (χ2v) is 7.11. The van der Waals surface area contributed by atoms with Crippen LogP contribution >= 0.6 is 0 Å². The van der Waals surface area contributed by atoms with Gasteiger partial charge in [-0.05, 0) is 57.4 Å². The Morgan fingerprint density at radius 3 is 2.57 bits per heavy atom. The van der Waals surface area contributed by atoms with Crippen molar-refractivity contribution in [2.45, 2.75) is 57.3 Å². The van der Waals surface area contributed by atoms with Crippen molar-refractivity contribution >= 4 is 6.03 Å². The number of allylic oxidation sites excluding steroid dienone is 1. The van der Waals surface area contributed by atoms with Gasteiger partial charge in [-0.25, -0.2) is 4.79 Å². The van der Waals surface area contributed by atoms with Crippen LogP contribution in [0.5, 0.6) is 0 Å². The standard InChI is InChI=1S/C20H28N2O/c1-16-7-9-18(10-8-16)20(12-13-20)15-22-19(23)21-14-11-17-5-3-2-4-6-17/h5,7-10H,2-4,6,11-15H2,1H3,(H2,21,22,23). The number of amides is 2. The van der Waals surface area contributed by atoms with Gasteiger partial charge >= 0.3 is 6.03 Å². The van der Waals surface area contributed by atoms with E-state index in [1.807, 2.05) is 0 Å². The molecule has 3 nitrogen and oxygen atoms in total. The number of nitrogens with one attached hydrogen (secondary N) is 2. The number of benzene rings is 1. The summed E-state index contributed by atoms with van der Waals surface area (Å²) >= 11 is 0. The van der Waals surface area contributed by atoms with Gasteiger partial charge < -0.3 is 10.6 Å². The van der Waals surface area contributed by atoms with Crippen molar-refractivity contribution in [3.05, 3.63) is 47.0 Å². The lowest BCUT2D eigenvalue weighted by Gasteiger charge is -2.18. The largest absolute Gasteiger partial charge is 0.338 e. The molecule has 0 aromatic heterocycles. The highest BCUT2D eigenvalue weighted by Gasteiger charge is 2.44. The minimum atomic E-state index is -0.0280. The van der Waals surface area contributed by atoms with Crippen LogP contribution in [0.3, 0.4) is 0 Å². The van der Waals surface area contributed by atoms with Crippen LogP contribution in [0.25, 0.3) is 0 Å². The van der Waals surface area contributed by atoms with E-state index in [2.05, 4.69) is 47.9 Å². The molecular formula is C20H28N2O. The summed E-state index contributed by atoms with van der Waals surface area (Å²) in [4.78, 5) is 12.0. The van der Waals surface area contributed by atoms with E-state index in [1.165, 1.54) is 55.2 Å². The number of hydrogen-bond donors (Lipinski definition) is 2. The maximum atomic E-state index is 12.0. The number of carbonyl (C=O) groups is 1. The van der Waals surface area contributed by atoms with Crippen molar-refractivity contribution in [1.29, 1.82) is 0 Å². The second-order valence-electron chi connectivity index (χ2n) is 7.11. The molecule has 0 aliphatic heterocycles. The predicted molar refractivity (Wildman–Crippen MR) is 94.7 cm³/mol. The zero-order chi connectivity index (χ0) is 16.1. The maximum absolute atomic E-state index is 12.0. The monoisotopic (exact) mass is 312 g/mol. The Morgan fingerprint density at radius 2 is 1.91 bits per heavy atom. The molecule has 3 heteroatoms. The molecular weight excluding hydrogens is 284 g/mol. The van der Waals surface area contributed by atoms with Crippen LogP contribution in [0.2, 0.25) is 0 Å². The highest BCUT2D eigenvalue weighted by molar-refractivity contribution is 5.74. The number of carbonyl (C=O) groups excluding carboxylic acids is 1. The maximum Gasteiger partial charge on any atom is 0.314 e. The third kappa shape index (κ3) is 4.37. The first-order chi connectivity index (χ1) is 11.2. The molecule has 2 amide bonds. The van der Waals surface area contributed by atoms with E-state index in [9.17, 15) is 4.79 Å². The predicted octanol–water partition coefficient (Wildman–Crippen LogP) is 4.22. The van der Waals surface area contributed by atoms with Gasteiger partial charge in [-0.1, -0.05) is 41.5 Å². The van der Waals surface area contributed by atoms with Gasteiger partial charge in [0.1, 0.15) is 0 Å². The Morgan fingerprint density at radius 1 is 1.13 bits per heavy atom. The molecule has 2 aliphatic rings. The van der Waals surface area contributed by atoms with Crippen molar-refractivity contribution < 1.29 is 4.79 Å². The third-order valence-electron chi connectivity index (χ3n) is 5.22. The molecule has 124 valence electrons. The molecule has 0 atom stereocenters. The quantitative estimate of drug-likeness (QED) is 0.759. The number of aryl methyl sites for hydroxylation is 1. The molecule has 3 rings (SSSR count). The van der Waals surface area contributed by atoms with Crippen LogP contribution in [0.15, 0.2) is 35.9 Å². The second kappa shape index (κ2) is 7.20. The average Bonchev–Trinajstić information content (AvgIpc) is 3.36. The molecule has 2 aliphatic carbocycles. The van der Waals surface area contributed by atoms with E-state index in [1.54, 1.807) is 0 Å². The Balaban J connectivity index is 1.40. The van der Waals surface area contributed by atoms with Crippen molar-refractivity contribution in [1.82, 2.24) is 10.6 Å². The first kappa shape index (κ1) is 16.1. The Labute approximate surface area is 139 Å². The molecule has 0 radical (unpaired) electrons. The minimum Gasteiger partial charge on any atom is -0.338 e. The molecule has 0 unspecified atom stereocenters. The molecule has 0 spiro atoms. The van der Waals surface area contributed by atoms with E-state index in [4.69, 9.17) is 0 Å². The van der Waals surface area contributed by atoms with Crippen LogP contribution in [-0.4, -0.2) is 19.1 Å². The summed E-state index contributed by atoms with van der Waals surface area (Å²) in [5.41, 5.74) is 4.33. The minimum absolute atomic E-state index is 0.0280. The number of rotatable bonds is 6. The lowest BCUT2D eigenvalue weighted by molar-refractivity contribution is 0.240. The topological polar surface area (TPSA) is 41.1 Å². The summed E-state index contributed by atoms with van der Waals surface area (Å²) in [6.07, 6.45) is 10.7. The van der Waals surface area contributed by atoms with Crippen LogP contribution in [0, 0.1) is 6.92 Å². The van der Waals surface area contributed by atoms with Crippen molar-refractivity contribution in [2.75, 3.05) is 13.1 Å². The van der Waals surface area contributed by atoms with Gasteiger partial charge in [0.05, 0.1) is 0 Å². The SMILES string of the molecule is Cc1ccc(C2(CNC(=O)NCCC3=CCCCC3)CC2)cc1. The first-order valence-corrected chi connectivity index (χ1v) is 8.95. The van der Waals surface area contributed by atoms with Gasteiger partial charge in [0, 0.05) is 18.5 Å². The fraction of sp³-hybridized carbons (Fsp3) is 0.550. The molecule has 1 fully saturated rings. The number of urea groups is 1. The zero-order valence-electron chi connectivity index (χ0n) is 14.2. The van der Waals surface area contributed by atoms with Gasteiger partial charge in [-0.15, -0.1) is 0 Å². The van der Waals surface area contributed by atoms with Crippen LogP contribution in [0.1, 0.15) is 56.1 Å². The Kier molecular flexibility index (Phi) is 5.04. The van der Waals surface area contributed by atoms with E-state index >= 15 is 0 Å². The van der Waals surface area contributed by atoms with Crippen molar-refractivity contribution in [2.24, 2.45) is 0 Å². The summed E-state index contributed by atoms with van der Waals surface area (Å²) in [5.74, 6) is 0. The van der Waals surface area contributed by atoms with E-state index in [0.29, 0.717) is 0 Å². The van der Waals surface area contributed by atoms with E-state index < -0.39 is 0 Å². The van der Waals surface area contributed by atoms with Crippen molar-refractivity contribution in [3.8, 4) is 0 Å². The Bertz CT molecular complexity index is 570. The molecule has 23 heavy (non-hydrogen) atoms. The number of hydrogen-bond acceptors (Lipinski definition) is 1. The lowest BCUT2D eigenvalue weighted by Crippen LogP contribution is -2.40. The Hall–Kier alpha value is -1.77. The highest BCUT2D eigenvalue weighted by atomic mass is 16.2. The summed E-state index contributed by atoms with van der Waals surface area (Å²) in [7, 11) is 0. The molecule has 1 aromatic carbocycles. The van der Waals surface area contributed by atoms with E-state index in [-0.39, 0.29) is 11.4 Å². The van der Waals surface area contributed by atoms with E-state index in [0.717, 1.165) is 19.5 Å². The summed E-state index contributed by atoms with van der Waals surface area (Å²) in [6.45, 7) is 3.59. The van der Waals surface area contributed by atoms with Crippen molar-refractivity contribution in [3.63, 3.8) is 0 Å².